The van der Waals surface area contributed by atoms with Crippen molar-refractivity contribution in [3.63, 3.8) is 0 Å². The van der Waals surface area contributed by atoms with Gasteiger partial charge in [-0.05, 0) is 31.9 Å². The summed E-state index contributed by atoms with van der Waals surface area (Å²) in [7, 11) is 0. The van der Waals surface area contributed by atoms with E-state index >= 15 is 0 Å². The van der Waals surface area contributed by atoms with Crippen molar-refractivity contribution in [2.75, 3.05) is 38.4 Å². The van der Waals surface area contributed by atoms with Crippen LogP contribution in [-0.4, -0.2) is 56.0 Å². The van der Waals surface area contributed by atoms with E-state index < -0.39 is 0 Å². The van der Waals surface area contributed by atoms with E-state index in [4.69, 9.17) is 14.2 Å². The average Bonchev–Trinajstić information content (AvgIpc) is 3.10. The molecule has 1 saturated heterocycles. The maximum atomic E-state index is 12.1. The predicted molar refractivity (Wildman–Crippen MR) is 95.4 cm³/mol. The Morgan fingerprint density at radius 2 is 2.00 bits per heavy atom. The molecule has 2 heterocycles. The van der Waals surface area contributed by atoms with Crippen molar-refractivity contribution in [1.29, 1.82) is 0 Å². The second-order valence-electron chi connectivity index (χ2n) is 6.27. The van der Waals surface area contributed by atoms with Crippen molar-refractivity contribution in [3.8, 4) is 11.5 Å². The first kappa shape index (κ1) is 18.2. The van der Waals surface area contributed by atoms with Gasteiger partial charge in [0.1, 0.15) is 0 Å². The number of rotatable bonds is 6. The van der Waals surface area contributed by atoms with Gasteiger partial charge in [-0.2, -0.15) is 0 Å². The summed E-state index contributed by atoms with van der Waals surface area (Å²) in [6, 6.07) is 5.72. The second kappa shape index (κ2) is 8.64. The Balaban J connectivity index is 1.34. The molecule has 1 fully saturated rings. The smallest absolute Gasteiger partial charge is 0.409 e. The van der Waals surface area contributed by atoms with E-state index in [9.17, 15) is 9.59 Å². The van der Waals surface area contributed by atoms with Gasteiger partial charge in [-0.3, -0.25) is 4.79 Å². The summed E-state index contributed by atoms with van der Waals surface area (Å²) in [4.78, 5) is 25.5. The van der Waals surface area contributed by atoms with Crippen LogP contribution in [0.3, 0.4) is 0 Å². The lowest BCUT2D eigenvalue weighted by Crippen LogP contribution is -2.46. The van der Waals surface area contributed by atoms with E-state index in [2.05, 4.69) is 10.6 Å². The van der Waals surface area contributed by atoms with E-state index in [1.165, 1.54) is 0 Å². The molecule has 0 aromatic heterocycles. The number of nitrogens with zero attached hydrogens (tertiary/aromatic N) is 1. The highest BCUT2D eigenvalue weighted by atomic mass is 16.7. The third kappa shape index (κ3) is 4.71. The Morgan fingerprint density at radius 3 is 2.77 bits per heavy atom. The topological polar surface area (TPSA) is 89.1 Å². The third-order valence-electron chi connectivity index (χ3n) is 4.44. The second-order valence-corrected chi connectivity index (χ2v) is 6.27. The van der Waals surface area contributed by atoms with Crippen LogP contribution in [-0.2, 0) is 9.53 Å². The first-order valence-corrected chi connectivity index (χ1v) is 9.00. The van der Waals surface area contributed by atoms with E-state index in [0.29, 0.717) is 38.4 Å². The molecule has 0 unspecified atom stereocenters. The third-order valence-corrected chi connectivity index (χ3v) is 4.44. The van der Waals surface area contributed by atoms with E-state index in [0.717, 1.165) is 24.3 Å². The zero-order valence-electron chi connectivity index (χ0n) is 15.0. The largest absolute Gasteiger partial charge is 0.454 e. The number of fused-ring (bicyclic) bond motifs is 1. The molecule has 3 rings (SSSR count). The minimum atomic E-state index is -0.273. The average molecular weight is 363 g/mol. The van der Waals surface area contributed by atoms with Crippen LogP contribution in [0.15, 0.2) is 18.2 Å². The maximum Gasteiger partial charge on any atom is 0.409 e. The van der Waals surface area contributed by atoms with Crippen LogP contribution in [0.2, 0.25) is 0 Å². The fraction of sp³-hybridized carbons (Fsp3) is 0.556. The highest BCUT2D eigenvalue weighted by molar-refractivity contribution is 5.77. The van der Waals surface area contributed by atoms with Crippen molar-refractivity contribution in [2.45, 2.75) is 32.2 Å². The standard InChI is InChI=1S/C18H25N3O5/c1-2-24-18(23)21-9-6-13(7-10-21)20-17(22)5-8-19-14-3-4-15-16(11-14)26-12-25-15/h3-4,11,13,19H,2,5-10,12H2,1H3,(H,20,22). The molecular formula is C18H25N3O5. The molecule has 8 heteroatoms. The summed E-state index contributed by atoms with van der Waals surface area (Å²) in [6.45, 7) is 4.18. The number of anilines is 1. The molecule has 2 amide bonds. The van der Waals surface area contributed by atoms with Crippen LogP contribution in [0.4, 0.5) is 10.5 Å². The van der Waals surface area contributed by atoms with Crippen LogP contribution < -0.4 is 20.1 Å². The van der Waals surface area contributed by atoms with Crippen molar-refractivity contribution in [1.82, 2.24) is 10.2 Å². The molecule has 0 bridgehead atoms. The van der Waals surface area contributed by atoms with Gasteiger partial charge in [0.05, 0.1) is 6.61 Å². The first-order valence-electron chi connectivity index (χ1n) is 9.00. The van der Waals surface area contributed by atoms with Gasteiger partial charge in [0.2, 0.25) is 12.7 Å². The number of nitrogens with one attached hydrogen (secondary N) is 2. The normalized spacial score (nSPS) is 16.3. The molecule has 2 aliphatic heterocycles. The van der Waals surface area contributed by atoms with Crippen LogP contribution >= 0.6 is 0 Å². The number of carbonyl (C=O) groups is 2. The van der Waals surface area contributed by atoms with Crippen LogP contribution in [0.1, 0.15) is 26.2 Å². The van der Waals surface area contributed by atoms with Crippen molar-refractivity contribution < 1.29 is 23.8 Å². The van der Waals surface area contributed by atoms with Crippen LogP contribution in [0.25, 0.3) is 0 Å². The molecule has 8 nitrogen and oxygen atoms in total. The number of benzene rings is 1. The lowest BCUT2D eigenvalue weighted by atomic mass is 10.1. The number of carbonyl (C=O) groups excluding carboxylic acids is 2. The van der Waals surface area contributed by atoms with E-state index in [1.54, 1.807) is 11.8 Å². The fourth-order valence-corrected chi connectivity index (χ4v) is 3.05. The van der Waals surface area contributed by atoms with Crippen molar-refractivity contribution in [3.05, 3.63) is 18.2 Å². The molecule has 1 aromatic carbocycles. The molecular weight excluding hydrogens is 338 g/mol. The molecule has 26 heavy (non-hydrogen) atoms. The maximum absolute atomic E-state index is 12.1. The number of likely N-dealkylation sites (tertiary alicyclic amines) is 1. The molecule has 0 radical (unpaired) electrons. The first-order chi connectivity index (χ1) is 12.7. The molecule has 2 N–H and O–H groups in total. The Hall–Kier alpha value is -2.64. The highest BCUT2D eigenvalue weighted by Gasteiger charge is 2.24. The van der Waals surface area contributed by atoms with E-state index in [-0.39, 0.29) is 24.8 Å². The Morgan fingerprint density at radius 1 is 1.23 bits per heavy atom. The van der Waals surface area contributed by atoms with Gasteiger partial charge in [0, 0.05) is 43.9 Å². The minimum Gasteiger partial charge on any atom is -0.454 e. The number of amides is 2. The summed E-state index contributed by atoms with van der Waals surface area (Å²) < 4.78 is 15.6. The number of piperidine rings is 1. The van der Waals surface area contributed by atoms with Crippen molar-refractivity contribution in [2.24, 2.45) is 0 Å². The SMILES string of the molecule is CCOC(=O)N1CCC(NC(=O)CCNc2ccc3c(c2)OCO3)CC1. The number of hydrogen-bond donors (Lipinski definition) is 2. The zero-order valence-corrected chi connectivity index (χ0v) is 15.0. The lowest BCUT2D eigenvalue weighted by Gasteiger charge is -2.31. The van der Waals surface area contributed by atoms with Gasteiger partial charge in [0.15, 0.2) is 11.5 Å². The van der Waals surface area contributed by atoms with Crippen LogP contribution in [0.5, 0.6) is 11.5 Å². The summed E-state index contributed by atoms with van der Waals surface area (Å²) in [5, 5.41) is 6.25. The molecule has 142 valence electrons. The highest BCUT2D eigenvalue weighted by Crippen LogP contribution is 2.34. The zero-order chi connectivity index (χ0) is 18.4. The van der Waals surface area contributed by atoms with Gasteiger partial charge in [-0.25, -0.2) is 4.79 Å². The Labute approximate surface area is 152 Å². The van der Waals surface area contributed by atoms with Gasteiger partial charge in [-0.1, -0.05) is 0 Å². The predicted octanol–water partition coefficient (Wildman–Crippen LogP) is 1.95. The summed E-state index contributed by atoms with van der Waals surface area (Å²) in [6.07, 6.45) is 1.61. The quantitative estimate of drug-likeness (QED) is 0.803. The fourth-order valence-electron chi connectivity index (χ4n) is 3.05. The minimum absolute atomic E-state index is 0.00725. The van der Waals surface area contributed by atoms with Gasteiger partial charge < -0.3 is 29.7 Å². The molecule has 2 aliphatic rings. The lowest BCUT2D eigenvalue weighted by molar-refractivity contribution is -0.121. The summed E-state index contributed by atoms with van der Waals surface area (Å²) in [5.74, 6) is 1.46. The van der Waals surface area contributed by atoms with Gasteiger partial charge in [0.25, 0.3) is 0 Å². The molecule has 0 saturated carbocycles. The molecule has 0 spiro atoms. The molecule has 1 aromatic rings. The van der Waals surface area contributed by atoms with Crippen LogP contribution in [0, 0.1) is 0 Å². The van der Waals surface area contributed by atoms with Gasteiger partial charge >= 0.3 is 6.09 Å². The summed E-state index contributed by atoms with van der Waals surface area (Å²) in [5.41, 5.74) is 0.893. The van der Waals surface area contributed by atoms with E-state index in [1.807, 2.05) is 18.2 Å². The number of ether oxygens (including phenoxy) is 3. The van der Waals surface area contributed by atoms with Crippen molar-refractivity contribution >= 4 is 17.7 Å². The van der Waals surface area contributed by atoms with Gasteiger partial charge in [-0.15, -0.1) is 0 Å². The Kier molecular flexibility index (Phi) is 6.04. The number of hydrogen-bond acceptors (Lipinski definition) is 6. The molecule has 0 aliphatic carbocycles. The summed E-state index contributed by atoms with van der Waals surface area (Å²) >= 11 is 0. The molecule has 0 atom stereocenters. The Bertz CT molecular complexity index is 644. The monoisotopic (exact) mass is 363 g/mol.